The second kappa shape index (κ2) is 5.75. The molecule has 106 valence electrons. The summed E-state index contributed by atoms with van der Waals surface area (Å²) in [5.74, 6) is -0.983. The van der Waals surface area contributed by atoms with Crippen molar-refractivity contribution < 1.29 is 17.9 Å². The average Bonchev–Trinajstić information content (AvgIpc) is 2.74. The monoisotopic (exact) mass is 307 g/mol. The fourth-order valence-corrected chi connectivity index (χ4v) is 3.92. The molecule has 1 saturated carbocycles. The molecule has 19 heavy (non-hydrogen) atoms. The Balaban J connectivity index is 2.23. The van der Waals surface area contributed by atoms with Gasteiger partial charge in [-0.2, -0.15) is 0 Å². The maximum Gasteiger partial charge on any atom is 0.243 e. The molecule has 0 aromatic heterocycles. The summed E-state index contributed by atoms with van der Waals surface area (Å²) in [4.78, 5) is -0.416. The van der Waals surface area contributed by atoms with Crippen LogP contribution in [0.3, 0.4) is 0 Å². The first-order chi connectivity index (χ1) is 8.94. The van der Waals surface area contributed by atoms with Crippen molar-refractivity contribution >= 4 is 21.6 Å². The third-order valence-electron chi connectivity index (χ3n) is 3.38. The summed E-state index contributed by atoms with van der Waals surface area (Å²) in [5, 5.41) is 9.31. The van der Waals surface area contributed by atoms with Gasteiger partial charge in [-0.1, -0.05) is 18.0 Å². The lowest BCUT2D eigenvalue weighted by molar-refractivity contribution is 0.213. The second-order valence-electron chi connectivity index (χ2n) is 4.68. The highest BCUT2D eigenvalue weighted by Gasteiger charge is 2.31. The largest absolute Gasteiger partial charge is 0.396 e. The Morgan fingerprint density at radius 1 is 1.42 bits per heavy atom. The zero-order chi connectivity index (χ0) is 14.0. The lowest BCUT2D eigenvalue weighted by Gasteiger charge is -2.19. The van der Waals surface area contributed by atoms with E-state index in [9.17, 15) is 12.8 Å². The Bertz CT molecular complexity index is 564. The van der Waals surface area contributed by atoms with Gasteiger partial charge in [0.25, 0.3) is 0 Å². The molecule has 2 atom stereocenters. The van der Waals surface area contributed by atoms with Crippen molar-refractivity contribution in [3.05, 3.63) is 29.0 Å². The summed E-state index contributed by atoms with van der Waals surface area (Å²) in [6.07, 6.45) is 2.27. The van der Waals surface area contributed by atoms with E-state index >= 15 is 0 Å². The molecule has 0 radical (unpaired) electrons. The van der Waals surface area contributed by atoms with Gasteiger partial charge >= 0.3 is 0 Å². The highest BCUT2D eigenvalue weighted by Crippen LogP contribution is 2.27. The van der Waals surface area contributed by atoms with Crippen LogP contribution < -0.4 is 4.72 Å². The molecule has 0 bridgehead atoms. The van der Waals surface area contributed by atoms with Crippen LogP contribution in [0.5, 0.6) is 0 Å². The molecular weight excluding hydrogens is 293 g/mol. The van der Waals surface area contributed by atoms with Gasteiger partial charge in [-0.05, 0) is 37.0 Å². The normalized spacial score (nSPS) is 23.7. The molecule has 0 heterocycles. The molecule has 2 rings (SSSR count). The highest BCUT2D eigenvalue weighted by molar-refractivity contribution is 7.89. The molecule has 0 saturated heterocycles. The molecule has 2 unspecified atom stereocenters. The van der Waals surface area contributed by atoms with Gasteiger partial charge in [0.1, 0.15) is 10.7 Å². The molecule has 1 aliphatic rings. The van der Waals surface area contributed by atoms with Crippen LogP contribution in [0.1, 0.15) is 19.3 Å². The van der Waals surface area contributed by atoms with Crippen molar-refractivity contribution in [1.29, 1.82) is 0 Å². The summed E-state index contributed by atoms with van der Waals surface area (Å²) in [7, 11) is -3.93. The number of sulfonamides is 1. The van der Waals surface area contributed by atoms with Crippen molar-refractivity contribution in [2.75, 3.05) is 6.61 Å². The Morgan fingerprint density at radius 3 is 2.79 bits per heavy atom. The number of aliphatic hydroxyl groups is 1. The van der Waals surface area contributed by atoms with Gasteiger partial charge in [0.15, 0.2) is 0 Å². The zero-order valence-electron chi connectivity index (χ0n) is 10.1. The SMILES string of the molecule is O=S(=O)(NC1CCCC1CO)c1ccc(Cl)cc1F. The lowest BCUT2D eigenvalue weighted by Crippen LogP contribution is -2.38. The van der Waals surface area contributed by atoms with Crippen molar-refractivity contribution in [3.8, 4) is 0 Å². The van der Waals surface area contributed by atoms with Crippen molar-refractivity contribution in [3.63, 3.8) is 0 Å². The summed E-state index contributed by atoms with van der Waals surface area (Å²) >= 11 is 5.59. The molecule has 7 heteroatoms. The number of halogens is 2. The summed E-state index contributed by atoms with van der Waals surface area (Å²) in [6, 6.07) is 3.10. The molecule has 0 spiro atoms. The van der Waals surface area contributed by atoms with E-state index in [-0.39, 0.29) is 23.6 Å². The zero-order valence-corrected chi connectivity index (χ0v) is 11.7. The van der Waals surface area contributed by atoms with Crippen LogP contribution in [0.4, 0.5) is 4.39 Å². The fraction of sp³-hybridized carbons (Fsp3) is 0.500. The molecule has 0 aliphatic heterocycles. The minimum atomic E-state index is -3.93. The molecule has 4 nitrogen and oxygen atoms in total. The first kappa shape index (κ1) is 14.7. The van der Waals surface area contributed by atoms with Gasteiger partial charge in [-0.15, -0.1) is 0 Å². The number of benzene rings is 1. The number of aliphatic hydroxyl groups excluding tert-OH is 1. The minimum absolute atomic E-state index is 0.0731. The van der Waals surface area contributed by atoms with E-state index in [0.717, 1.165) is 25.0 Å². The molecule has 1 aromatic carbocycles. The maximum atomic E-state index is 13.6. The Labute approximate surface area is 116 Å². The molecular formula is C12H15ClFNO3S. The van der Waals surface area contributed by atoms with Crippen LogP contribution in [0.2, 0.25) is 5.02 Å². The first-order valence-corrected chi connectivity index (χ1v) is 7.88. The van der Waals surface area contributed by atoms with Gasteiger partial charge in [0.05, 0.1) is 0 Å². The van der Waals surface area contributed by atoms with Gasteiger partial charge < -0.3 is 5.11 Å². The van der Waals surface area contributed by atoms with Crippen LogP contribution in [0.25, 0.3) is 0 Å². The molecule has 1 fully saturated rings. The van der Waals surface area contributed by atoms with Gasteiger partial charge in [-0.25, -0.2) is 17.5 Å². The van der Waals surface area contributed by atoms with Crippen molar-refractivity contribution in [2.45, 2.75) is 30.2 Å². The van der Waals surface area contributed by atoms with Crippen LogP contribution >= 0.6 is 11.6 Å². The summed E-state index contributed by atoms with van der Waals surface area (Å²) < 4.78 is 40.3. The van der Waals surface area contributed by atoms with E-state index in [1.807, 2.05) is 0 Å². The van der Waals surface area contributed by atoms with E-state index < -0.39 is 20.7 Å². The molecule has 1 aliphatic carbocycles. The maximum absolute atomic E-state index is 13.6. The average molecular weight is 308 g/mol. The highest BCUT2D eigenvalue weighted by atomic mass is 35.5. The third kappa shape index (κ3) is 3.25. The number of nitrogens with one attached hydrogen (secondary N) is 1. The van der Waals surface area contributed by atoms with Crippen molar-refractivity contribution in [1.82, 2.24) is 4.72 Å². The summed E-state index contributed by atoms with van der Waals surface area (Å²) in [6.45, 7) is -0.0731. The van der Waals surface area contributed by atoms with E-state index in [4.69, 9.17) is 16.7 Å². The second-order valence-corrected chi connectivity index (χ2v) is 6.79. The molecule has 1 aromatic rings. The minimum Gasteiger partial charge on any atom is -0.396 e. The van der Waals surface area contributed by atoms with Gasteiger partial charge in [0, 0.05) is 17.7 Å². The van der Waals surface area contributed by atoms with Crippen molar-refractivity contribution in [2.24, 2.45) is 5.92 Å². The van der Waals surface area contributed by atoms with E-state index in [1.165, 1.54) is 6.07 Å². The predicted octanol–water partition coefficient (Wildman–Crippen LogP) is 1.92. The van der Waals surface area contributed by atoms with Crippen LogP contribution in [-0.2, 0) is 10.0 Å². The predicted molar refractivity (Wildman–Crippen MR) is 69.9 cm³/mol. The van der Waals surface area contributed by atoms with E-state index in [1.54, 1.807) is 0 Å². The van der Waals surface area contributed by atoms with Crippen LogP contribution in [0, 0.1) is 11.7 Å². The number of hydrogen-bond acceptors (Lipinski definition) is 3. The quantitative estimate of drug-likeness (QED) is 0.893. The van der Waals surface area contributed by atoms with E-state index in [0.29, 0.717) is 6.42 Å². The Kier molecular flexibility index (Phi) is 4.45. The fourth-order valence-electron chi connectivity index (χ4n) is 2.37. The molecule has 2 N–H and O–H groups in total. The van der Waals surface area contributed by atoms with Gasteiger partial charge in [-0.3, -0.25) is 0 Å². The number of rotatable bonds is 4. The summed E-state index contributed by atoms with van der Waals surface area (Å²) in [5.41, 5.74) is 0. The standard InChI is InChI=1S/C12H15ClFNO3S/c13-9-4-5-12(10(14)6-9)19(17,18)15-11-3-1-2-8(11)7-16/h4-6,8,11,15-16H,1-3,7H2. The topological polar surface area (TPSA) is 66.4 Å². The molecule has 0 amide bonds. The van der Waals surface area contributed by atoms with Gasteiger partial charge in [0.2, 0.25) is 10.0 Å². The Hall–Kier alpha value is -0.690. The smallest absolute Gasteiger partial charge is 0.243 e. The third-order valence-corrected chi connectivity index (χ3v) is 5.14. The lowest BCUT2D eigenvalue weighted by atomic mass is 10.1. The van der Waals surface area contributed by atoms with Crippen LogP contribution in [0.15, 0.2) is 23.1 Å². The van der Waals surface area contributed by atoms with E-state index in [2.05, 4.69) is 4.72 Å². The van der Waals surface area contributed by atoms with Crippen LogP contribution in [-0.4, -0.2) is 26.2 Å². The Morgan fingerprint density at radius 2 is 2.16 bits per heavy atom. The first-order valence-electron chi connectivity index (χ1n) is 6.02. The number of hydrogen-bond donors (Lipinski definition) is 2.